The van der Waals surface area contributed by atoms with Gasteiger partial charge in [0.05, 0.1) is 5.75 Å². The Morgan fingerprint density at radius 3 is 2.92 bits per heavy atom. The molecule has 0 atom stereocenters. The number of carbonyl (C=O) groups excluding carboxylic acids is 1. The largest absolute Gasteiger partial charge is 0.385 e. The summed E-state index contributed by atoms with van der Waals surface area (Å²) in [6.07, 6.45) is 3.33. The second-order valence-electron chi connectivity index (χ2n) is 3.14. The number of thioether (sulfide) groups is 1. The van der Waals surface area contributed by atoms with Gasteiger partial charge in [0.2, 0.25) is 0 Å². The van der Waals surface area contributed by atoms with Crippen molar-refractivity contribution < 1.29 is 9.53 Å². The summed E-state index contributed by atoms with van der Waals surface area (Å²) in [6, 6.07) is 0. The molecule has 1 rings (SSSR count). The van der Waals surface area contributed by atoms with Gasteiger partial charge in [-0.3, -0.25) is 4.79 Å². The molecule has 0 N–H and O–H groups in total. The summed E-state index contributed by atoms with van der Waals surface area (Å²) < 4.78 is 4.91. The first kappa shape index (κ1) is 10.1. The van der Waals surface area contributed by atoms with Crippen LogP contribution in [0, 0.1) is 5.92 Å². The third kappa shape index (κ3) is 4.12. The molecule has 1 aliphatic rings. The minimum absolute atomic E-state index is 0.430. The van der Waals surface area contributed by atoms with E-state index in [2.05, 4.69) is 0 Å². The normalized spacial score (nSPS) is 16.4. The molecular weight excluding hydrogens is 172 g/mol. The van der Waals surface area contributed by atoms with Gasteiger partial charge < -0.3 is 4.74 Å². The Kier molecular flexibility index (Phi) is 4.69. The van der Waals surface area contributed by atoms with Gasteiger partial charge in [0.15, 0.2) is 0 Å². The highest BCUT2D eigenvalue weighted by Crippen LogP contribution is 2.30. The van der Waals surface area contributed by atoms with Crippen molar-refractivity contribution >= 4 is 17.5 Å². The molecule has 12 heavy (non-hydrogen) atoms. The van der Waals surface area contributed by atoms with Crippen molar-refractivity contribution in [2.24, 2.45) is 5.92 Å². The van der Waals surface area contributed by atoms with E-state index in [4.69, 9.17) is 4.74 Å². The second kappa shape index (κ2) is 5.60. The fourth-order valence-corrected chi connectivity index (χ4v) is 1.90. The summed E-state index contributed by atoms with van der Waals surface area (Å²) in [4.78, 5) is 11.2. The molecule has 0 spiro atoms. The van der Waals surface area contributed by atoms with Gasteiger partial charge in [-0.15, -0.1) is 0 Å². The Balaban J connectivity index is 1.84. The number of hydrogen-bond donors (Lipinski definition) is 0. The van der Waals surface area contributed by atoms with Crippen molar-refractivity contribution in [1.82, 2.24) is 0 Å². The fourth-order valence-electron chi connectivity index (χ4n) is 1.00. The standard InChI is InChI=1S/C9H16O2S/c1-11-5-2-6-12-7-9(10)8-3-4-8/h8H,2-7H2,1H3. The third-order valence-corrected chi connectivity index (χ3v) is 2.98. The lowest BCUT2D eigenvalue weighted by atomic mass is 10.3. The molecule has 0 aromatic rings. The zero-order valence-electron chi connectivity index (χ0n) is 7.54. The Bertz CT molecular complexity index is 143. The molecule has 0 unspecified atom stereocenters. The van der Waals surface area contributed by atoms with Crippen LogP contribution in [0.25, 0.3) is 0 Å². The number of ketones is 1. The van der Waals surface area contributed by atoms with E-state index in [1.165, 1.54) is 0 Å². The van der Waals surface area contributed by atoms with Crippen LogP contribution in [0.2, 0.25) is 0 Å². The number of Topliss-reactive ketones (excluding diaryl/α,β-unsaturated/α-hetero) is 1. The van der Waals surface area contributed by atoms with Gasteiger partial charge in [-0.25, -0.2) is 0 Å². The number of rotatable bonds is 7. The van der Waals surface area contributed by atoms with Crippen LogP contribution >= 0.6 is 11.8 Å². The van der Waals surface area contributed by atoms with Crippen molar-refractivity contribution in [3.8, 4) is 0 Å². The minimum atomic E-state index is 0.430. The van der Waals surface area contributed by atoms with Crippen molar-refractivity contribution in [2.45, 2.75) is 19.3 Å². The molecule has 1 aliphatic carbocycles. The lowest BCUT2D eigenvalue weighted by molar-refractivity contribution is -0.117. The minimum Gasteiger partial charge on any atom is -0.385 e. The SMILES string of the molecule is COCCCSCC(=O)C1CC1. The van der Waals surface area contributed by atoms with Gasteiger partial charge in [-0.05, 0) is 25.0 Å². The molecule has 3 heteroatoms. The first-order valence-electron chi connectivity index (χ1n) is 4.44. The van der Waals surface area contributed by atoms with Crippen molar-refractivity contribution in [2.75, 3.05) is 25.2 Å². The molecule has 0 heterocycles. The average molecular weight is 188 g/mol. The van der Waals surface area contributed by atoms with Crippen LogP contribution < -0.4 is 0 Å². The first-order valence-corrected chi connectivity index (χ1v) is 5.59. The Morgan fingerprint density at radius 1 is 1.58 bits per heavy atom. The highest BCUT2D eigenvalue weighted by molar-refractivity contribution is 7.99. The van der Waals surface area contributed by atoms with E-state index in [1.807, 2.05) is 0 Å². The summed E-state index contributed by atoms with van der Waals surface area (Å²) in [5.41, 5.74) is 0. The lowest BCUT2D eigenvalue weighted by Gasteiger charge is -1.99. The molecule has 0 radical (unpaired) electrons. The third-order valence-electron chi connectivity index (χ3n) is 1.91. The quantitative estimate of drug-likeness (QED) is 0.569. The van der Waals surface area contributed by atoms with Gasteiger partial charge >= 0.3 is 0 Å². The molecule has 0 aliphatic heterocycles. The first-order chi connectivity index (χ1) is 5.84. The monoisotopic (exact) mass is 188 g/mol. The average Bonchev–Trinajstić information content (AvgIpc) is 2.86. The van der Waals surface area contributed by atoms with E-state index in [0.29, 0.717) is 17.5 Å². The fraction of sp³-hybridized carbons (Fsp3) is 0.889. The predicted octanol–water partition coefficient (Wildman–Crippen LogP) is 1.74. The molecule has 0 saturated heterocycles. The van der Waals surface area contributed by atoms with Crippen molar-refractivity contribution in [1.29, 1.82) is 0 Å². The molecule has 0 bridgehead atoms. The molecule has 0 aromatic heterocycles. The number of carbonyl (C=O) groups is 1. The van der Waals surface area contributed by atoms with Gasteiger partial charge in [0, 0.05) is 19.6 Å². The number of methoxy groups -OCH3 is 1. The Hall–Kier alpha value is -0.0200. The van der Waals surface area contributed by atoms with Crippen LogP contribution in [0.5, 0.6) is 0 Å². The van der Waals surface area contributed by atoms with Crippen LogP contribution in [-0.4, -0.2) is 31.0 Å². The van der Waals surface area contributed by atoms with Gasteiger partial charge in [-0.2, -0.15) is 11.8 Å². The van der Waals surface area contributed by atoms with Gasteiger partial charge in [-0.1, -0.05) is 0 Å². The maximum atomic E-state index is 11.2. The molecule has 0 amide bonds. The van der Waals surface area contributed by atoms with E-state index >= 15 is 0 Å². The Labute approximate surface area is 78.1 Å². The van der Waals surface area contributed by atoms with Crippen LogP contribution in [0.3, 0.4) is 0 Å². The summed E-state index contributed by atoms with van der Waals surface area (Å²) >= 11 is 1.74. The maximum Gasteiger partial charge on any atom is 0.145 e. The summed E-state index contributed by atoms with van der Waals surface area (Å²) in [5.74, 6) is 2.65. The maximum absolute atomic E-state index is 11.2. The van der Waals surface area contributed by atoms with Gasteiger partial charge in [0.25, 0.3) is 0 Å². The van der Waals surface area contributed by atoms with Crippen LogP contribution in [0.1, 0.15) is 19.3 Å². The van der Waals surface area contributed by atoms with E-state index in [-0.39, 0.29) is 0 Å². The summed E-state index contributed by atoms with van der Waals surface area (Å²) in [5, 5.41) is 0. The molecule has 70 valence electrons. The van der Waals surface area contributed by atoms with E-state index in [0.717, 1.165) is 31.6 Å². The molecule has 2 nitrogen and oxygen atoms in total. The lowest BCUT2D eigenvalue weighted by Crippen LogP contribution is -2.04. The van der Waals surface area contributed by atoms with E-state index < -0.39 is 0 Å². The van der Waals surface area contributed by atoms with E-state index in [9.17, 15) is 4.79 Å². The van der Waals surface area contributed by atoms with Crippen LogP contribution in [-0.2, 0) is 9.53 Å². The molecule has 0 aromatic carbocycles. The van der Waals surface area contributed by atoms with Gasteiger partial charge in [0.1, 0.15) is 5.78 Å². The predicted molar refractivity (Wildman–Crippen MR) is 51.5 cm³/mol. The smallest absolute Gasteiger partial charge is 0.145 e. The van der Waals surface area contributed by atoms with Crippen LogP contribution in [0.15, 0.2) is 0 Å². The summed E-state index contributed by atoms with van der Waals surface area (Å²) in [7, 11) is 1.71. The molecular formula is C9H16O2S. The number of hydrogen-bond acceptors (Lipinski definition) is 3. The summed E-state index contributed by atoms with van der Waals surface area (Å²) in [6.45, 7) is 0.810. The van der Waals surface area contributed by atoms with E-state index in [1.54, 1.807) is 18.9 Å². The second-order valence-corrected chi connectivity index (χ2v) is 4.24. The molecule has 1 saturated carbocycles. The highest BCUT2D eigenvalue weighted by Gasteiger charge is 2.28. The van der Waals surface area contributed by atoms with Crippen LogP contribution in [0.4, 0.5) is 0 Å². The van der Waals surface area contributed by atoms with Crippen molar-refractivity contribution in [3.63, 3.8) is 0 Å². The molecule has 1 fully saturated rings. The zero-order valence-corrected chi connectivity index (χ0v) is 8.36. The Morgan fingerprint density at radius 2 is 2.33 bits per heavy atom. The zero-order chi connectivity index (χ0) is 8.81. The highest BCUT2D eigenvalue weighted by atomic mass is 32.2. The topological polar surface area (TPSA) is 26.3 Å². The number of ether oxygens (including phenoxy) is 1. The van der Waals surface area contributed by atoms with Crippen molar-refractivity contribution in [3.05, 3.63) is 0 Å².